The second-order valence-electron chi connectivity index (χ2n) is 1.80. The summed E-state index contributed by atoms with van der Waals surface area (Å²) in [7, 11) is 0. The van der Waals surface area contributed by atoms with Crippen LogP contribution in [0.2, 0.25) is 0 Å². The molecule has 0 aliphatic rings. The van der Waals surface area contributed by atoms with Gasteiger partial charge in [0.1, 0.15) is 0 Å². The summed E-state index contributed by atoms with van der Waals surface area (Å²) >= 11 is 0. The van der Waals surface area contributed by atoms with Crippen LogP contribution >= 0.6 is 0 Å². The van der Waals surface area contributed by atoms with E-state index in [1.165, 1.54) is 0 Å². The Hall–Kier alpha value is 0.652. The van der Waals surface area contributed by atoms with Crippen LogP contribution < -0.4 is 24.8 Å². The topological polar surface area (TPSA) is 17.1 Å². The van der Waals surface area contributed by atoms with Crippen LogP contribution in [0.5, 0.6) is 0 Å². The molecule has 0 amide bonds. The summed E-state index contributed by atoms with van der Waals surface area (Å²) in [6.45, 7) is 3.65. The molecule has 0 aromatic carbocycles. The Bertz CT molecular complexity index is 105. The molecule has 0 unspecified atom stereocenters. The first kappa shape index (κ1) is 22.6. The van der Waals surface area contributed by atoms with Gasteiger partial charge in [0.25, 0.3) is 0 Å². The van der Waals surface area contributed by atoms with Crippen LogP contribution in [0.15, 0.2) is 12.2 Å². The average Bonchev–Trinajstić information content (AvgIpc) is 1.66. The van der Waals surface area contributed by atoms with Crippen LogP contribution in [0.1, 0.15) is 26.7 Å². The van der Waals surface area contributed by atoms with E-state index in [0.29, 0.717) is 0 Å². The van der Waals surface area contributed by atoms with Crippen molar-refractivity contribution >= 4 is 5.78 Å². The van der Waals surface area contributed by atoms with Crippen molar-refractivity contribution in [2.24, 2.45) is 0 Å². The van der Waals surface area contributed by atoms with Crippen molar-refractivity contribution in [2.75, 3.05) is 0 Å². The molecule has 0 bridgehead atoms. The molecule has 0 aliphatic carbocycles. The first-order valence-corrected chi connectivity index (χ1v) is 2.94. The van der Waals surface area contributed by atoms with E-state index in [-0.39, 0.29) is 51.0 Å². The van der Waals surface area contributed by atoms with Crippen molar-refractivity contribution in [2.45, 2.75) is 26.7 Å². The minimum Gasteiger partial charge on any atom is -1.00 e. The van der Waals surface area contributed by atoms with E-state index in [9.17, 15) is 4.79 Å². The molecule has 0 rings (SSSR count). The Labute approximate surface area is 94.5 Å². The van der Waals surface area contributed by atoms with E-state index in [0.717, 1.165) is 12.8 Å². The Morgan fingerprint density at radius 3 is 2.09 bits per heavy atom. The zero-order chi connectivity index (χ0) is 6.41. The van der Waals surface area contributed by atoms with Gasteiger partial charge in [0.05, 0.1) is 0 Å². The van der Waals surface area contributed by atoms with Crippen molar-refractivity contribution in [1.29, 1.82) is 0 Å². The van der Waals surface area contributed by atoms with Gasteiger partial charge in [-0.05, 0) is 19.4 Å². The summed E-state index contributed by atoms with van der Waals surface area (Å²) in [5.74, 6) is 0.137. The van der Waals surface area contributed by atoms with Crippen LogP contribution in [0.4, 0.5) is 0 Å². The molecule has 1 nitrogen and oxygen atoms in total. The number of unbranched alkanes of at least 4 members (excludes halogenated alkanes) is 1. The third-order valence-corrected chi connectivity index (χ3v) is 0.808. The summed E-state index contributed by atoms with van der Waals surface area (Å²) in [6.07, 6.45) is 5.65. The molecule has 0 radical (unpaired) electrons. The van der Waals surface area contributed by atoms with E-state index in [1.54, 1.807) is 13.0 Å². The number of hydrogen-bond donors (Lipinski definition) is 0. The standard InChI is InChI=1S/C7H12O.2ClH.Pd/c1-3-4-5-6-7(2)8;;;/h5-6H,3-4H2,1-2H3;2*1H;/q;;;+2/p-2. The van der Waals surface area contributed by atoms with Gasteiger partial charge in [-0.15, -0.1) is 0 Å². The van der Waals surface area contributed by atoms with Gasteiger partial charge >= 0.3 is 20.4 Å². The van der Waals surface area contributed by atoms with E-state index in [1.807, 2.05) is 6.08 Å². The largest absolute Gasteiger partial charge is 2.00 e. The summed E-state index contributed by atoms with van der Waals surface area (Å²) in [5.41, 5.74) is 0. The van der Waals surface area contributed by atoms with Crippen LogP contribution in [0.3, 0.4) is 0 Å². The Morgan fingerprint density at radius 1 is 1.36 bits per heavy atom. The van der Waals surface area contributed by atoms with Gasteiger partial charge in [0.15, 0.2) is 5.78 Å². The zero-order valence-electron chi connectivity index (χ0n) is 6.55. The summed E-state index contributed by atoms with van der Waals surface area (Å²) in [4.78, 5) is 10.2. The minimum atomic E-state index is 0. The van der Waals surface area contributed by atoms with Gasteiger partial charge in [0, 0.05) is 0 Å². The molecule has 0 fully saturated rings. The normalized spacial score (nSPS) is 7.45. The summed E-state index contributed by atoms with van der Waals surface area (Å²) < 4.78 is 0. The maximum Gasteiger partial charge on any atom is 2.00 e. The molecule has 0 atom stereocenters. The third-order valence-electron chi connectivity index (χ3n) is 0.808. The molecule has 0 N–H and O–H groups in total. The molecular weight excluding hydrogens is 277 g/mol. The van der Waals surface area contributed by atoms with Gasteiger partial charge in [-0.1, -0.05) is 19.4 Å². The van der Waals surface area contributed by atoms with Gasteiger partial charge in [-0.2, -0.15) is 0 Å². The predicted molar refractivity (Wildman–Crippen MR) is 34.7 cm³/mol. The van der Waals surface area contributed by atoms with Crippen LogP contribution in [0, 0.1) is 0 Å². The van der Waals surface area contributed by atoms with Crippen molar-refractivity contribution in [1.82, 2.24) is 0 Å². The molecule has 0 spiro atoms. The van der Waals surface area contributed by atoms with Crippen molar-refractivity contribution in [3.05, 3.63) is 12.2 Å². The summed E-state index contributed by atoms with van der Waals surface area (Å²) in [5, 5.41) is 0. The first-order chi connectivity index (χ1) is 3.77. The molecule has 70 valence electrons. The fourth-order valence-electron chi connectivity index (χ4n) is 0.416. The number of rotatable bonds is 3. The maximum absolute atomic E-state index is 10.2. The van der Waals surface area contributed by atoms with Gasteiger partial charge in [-0.25, -0.2) is 0 Å². The third kappa shape index (κ3) is 25.0. The number of carbonyl (C=O) groups is 1. The minimum absolute atomic E-state index is 0. The Kier molecular flexibility index (Phi) is 34.8. The van der Waals surface area contributed by atoms with Crippen molar-refractivity contribution in [3.8, 4) is 0 Å². The van der Waals surface area contributed by atoms with E-state index >= 15 is 0 Å². The quantitative estimate of drug-likeness (QED) is 0.382. The Morgan fingerprint density at radius 2 is 1.82 bits per heavy atom. The van der Waals surface area contributed by atoms with Gasteiger partial charge in [-0.3, -0.25) is 4.79 Å². The first-order valence-electron chi connectivity index (χ1n) is 2.94. The fraction of sp³-hybridized carbons (Fsp3) is 0.571. The SMILES string of the molecule is CCCC=CC(C)=O.[Cl-].[Cl-].[Pd+2]. The number of halogens is 2. The molecule has 0 aliphatic heterocycles. The van der Waals surface area contributed by atoms with Crippen LogP contribution in [0.25, 0.3) is 0 Å². The van der Waals surface area contributed by atoms with E-state index in [4.69, 9.17) is 0 Å². The van der Waals surface area contributed by atoms with Crippen molar-refractivity contribution < 1.29 is 50.0 Å². The van der Waals surface area contributed by atoms with Crippen LogP contribution in [-0.4, -0.2) is 5.78 Å². The number of hydrogen-bond acceptors (Lipinski definition) is 1. The second kappa shape index (κ2) is 16.9. The molecule has 11 heavy (non-hydrogen) atoms. The number of allylic oxidation sites excluding steroid dienone is 2. The smallest absolute Gasteiger partial charge is 1.00 e. The molecule has 0 heterocycles. The maximum atomic E-state index is 10.2. The Balaban J connectivity index is -0.0000000817. The molecule has 0 aromatic rings. The molecule has 0 aromatic heterocycles. The fourth-order valence-corrected chi connectivity index (χ4v) is 0.416. The molecular formula is C7H12Cl2OPd. The van der Waals surface area contributed by atoms with E-state index in [2.05, 4.69) is 6.92 Å². The summed E-state index contributed by atoms with van der Waals surface area (Å²) in [6, 6.07) is 0. The monoisotopic (exact) mass is 288 g/mol. The van der Waals surface area contributed by atoms with Gasteiger partial charge < -0.3 is 24.8 Å². The molecule has 4 heteroatoms. The van der Waals surface area contributed by atoms with E-state index < -0.39 is 0 Å². The second-order valence-corrected chi connectivity index (χ2v) is 1.80. The molecule has 0 saturated carbocycles. The number of carbonyl (C=O) groups excluding carboxylic acids is 1. The average molecular weight is 289 g/mol. The zero-order valence-corrected chi connectivity index (χ0v) is 9.62. The number of ketones is 1. The molecule has 0 saturated heterocycles. The van der Waals surface area contributed by atoms with Crippen LogP contribution in [-0.2, 0) is 25.2 Å². The predicted octanol–water partition coefficient (Wildman–Crippen LogP) is -4.06. The van der Waals surface area contributed by atoms with Crippen molar-refractivity contribution in [3.63, 3.8) is 0 Å². The van der Waals surface area contributed by atoms with Gasteiger partial charge in [0.2, 0.25) is 0 Å².